The Morgan fingerprint density at radius 1 is 1.25 bits per heavy atom. The molecule has 1 aromatic heterocycles. The van der Waals surface area contributed by atoms with Crippen LogP contribution in [0.25, 0.3) is 5.69 Å². The first-order chi connectivity index (χ1) is 9.37. The fraction of sp³-hybridized carbons (Fsp3) is 0.375. The largest absolute Gasteiger partial charge is 0.324 e. The maximum atomic E-state index is 14.0. The van der Waals surface area contributed by atoms with Crippen molar-refractivity contribution in [1.29, 1.82) is 0 Å². The third-order valence-electron chi connectivity index (χ3n) is 4.01. The van der Waals surface area contributed by atoms with E-state index in [1.54, 1.807) is 10.8 Å². The van der Waals surface area contributed by atoms with Crippen molar-refractivity contribution in [2.75, 3.05) is 0 Å². The first-order valence-corrected chi connectivity index (χ1v) is 6.78. The Morgan fingerprint density at radius 3 is 2.75 bits per heavy atom. The topological polar surface area (TPSA) is 30.9 Å². The van der Waals surface area contributed by atoms with Gasteiger partial charge in [0.1, 0.15) is 11.6 Å². The number of fused-ring (bicyclic) bond motifs is 1. The first kappa shape index (κ1) is 13.3. The standard InChI is InChI=1S/C16H18F2N2/c1-16(2)8-13(19)11-5-6-20(15(11)9-16)14-7-10(17)3-4-12(14)18/h3-7,13H,8-9,19H2,1-2H3. The minimum absolute atomic E-state index is 0.0494. The molecule has 3 rings (SSSR count). The van der Waals surface area contributed by atoms with Crippen LogP contribution in [0, 0.1) is 17.0 Å². The second-order valence-corrected chi connectivity index (χ2v) is 6.34. The molecule has 0 fully saturated rings. The van der Waals surface area contributed by atoms with Crippen molar-refractivity contribution in [2.45, 2.75) is 32.7 Å². The Morgan fingerprint density at radius 2 is 2.00 bits per heavy atom. The van der Waals surface area contributed by atoms with Gasteiger partial charge in [0.25, 0.3) is 0 Å². The Kier molecular flexibility index (Phi) is 2.94. The van der Waals surface area contributed by atoms with Crippen molar-refractivity contribution < 1.29 is 8.78 Å². The van der Waals surface area contributed by atoms with Gasteiger partial charge in [0.2, 0.25) is 0 Å². The van der Waals surface area contributed by atoms with Gasteiger partial charge in [0.15, 0.2) is 0 Å². The summed E-state index contributed by atoms with van der Waals surface area (Å²) in [6.07, 6.45) is 3.48. The van der Waals surface area contributed by atoms with Gasteiger partial charge in [-0.25, -0.2) is 8.78 Å². The molecule has 0 saturated heterocycles. The number of nitrogens with zero attached hydrogens (tertiary/aromatic N) is 1. The Hall–Kier alpha value is -1.68. The Labute approximate surface area is 117 Å². The number of aromatic nitrogens is 1. The van der Waals surface area contributed by atoms with Crippen LogP contribution in [-0.4, -0.2) is 4.57 Å². The van der Waals surface area contributed by atoms with Crippen molar-refractivity contribution in [1.82, 2.24) is 4.57 Å². The van der Waals surface area contributed by atoms with E-state index in [0.717, 1.165) is 36.2 Å². The van der Waals surface area contributed by atoms with Gasteiger partial charge >= 0.3 is 0 Å². The molecule has 2 nitrogen and oxygen atoms in total. The van der Waals surface area contributed by atoms with Crippen LogP contribution in [0.5, 0.6) is 0 Å². The van der Waals surface area contributed by atoms with Crippen LogP contribution in [0.4, 0.5) is 8.78 Å². The molecular weight excluding hydrogens is 258 g/mol. The smallest absolute Gasteiger partial charge is 0.147 e. The zero-order valence-corrected chi connectivity index (χ0v) is 11.7. The second kappa shape index (κ2) is 4.42. The Balaban J connectivity index is 2.16. The number of rotatable bonds is 1. The lowest BCUT2D eigenvalue weighted by molar-refractivity contribution is 0.278. The summed E-state index contributed by atoms with van der Waals surface area (Å²) in [5.74, 6) is -0.870. The lowest BCUT2D eigenvalue weighted by atomic mass is 9.74. The highest BCUT2D eigenvalue weighted by molar-refractivity contribution is 5.42. The van der Waals surface area contributed by atoms with Crippen molar-refractivity contribution in [3.63, 3.8) is 0 Å². The summed E-state index contributed by atoms with van der Waals surface area (Å²) in [5.41, 5.74) is 8.53. The highest BCUT2D eigenvalue weighted by Gasteiger charge is 2.32. The van der Waals surface area contributed by atoms with Crippen molar-refractivity contribution >= 4 is 0 Å². The highest BCUT2D eigenvalue weighted by atomic mass is 19.1. The van der Waals surface area contributed by atoms with Gasteiger partial charge in [-0.2, -0.15) is 0 Å². The molecule has 4 heteroatoms. The predicted molar refractivity (Wildman–Crippen MR) is 74.7 cm³/mol. The average molecular weight is 276 g/mol. The quantitative estimate of drug-likeness (QED) is 0.845. The van der Waals surface area contributed by atoms with Gasteiger partial charge in [0.05, 0.1) is 5.69 Å². The van der Waals surface area contributed by atoms with Gasteiger partial charge in [-0.15, -0.1) is 0 Å². The van der Waals surface area contributed by atoms with E-state index in [1.165, 1.54) is 6.07 Å². The van der Waals surface area contributed by atoms with Gasteiger partial charge < -0.3 is 10.3 Å². The number of benzene rings is 1. The number of hydrogen-bond acceptors (Lipinski definition) is 1. The summed E-state index contributed by atoms with van der Waals surface area (Å²) in [6.45, 7) is 4.30. The van der Waals surface area contributed by atoms with E-state index in [0.29, 0.717) is 0 Å². The molecule has 2 aromatic rings. The van der Waals surface area contributed by atoms with Crippen LogP contribution < -0.4 is 5.73 Å². The molecule has 1 unspecified atom stereocenters. The lowest BCUT2D eigenvalue weighted by Crippen LogP contribution is -2.30. The molecule has 2 N–H and O–H groups in total. The van der Waals surface area contributed by atoms with Gasteiger partial charge in [-0.3, -0.25) is 0 Å². The minimum Gasteiger partial charge on any atom is -0.324 e. The molecule has 1 aliphatic carbocycles. The van der Waals surface area contributed by atoms with Gasteiger partial charge in [-0.05, 0) is 42.0 Å². The number of halogens is 2. The molecule has 0 aliphatic heterocycles. The van der Waals surface area contributed by atoms with E-state index in [1.807, 2.05) is 6.07 Å². The molecule has 1 atom stereocenters. The molecule has 1 aliphatic rings. The van der Waals surface area contributed by atoms with E-state index in [4.69, 9.17) is 5.73 Å². The van der Waals surface area contributed by atoms with Crippen molar-refractivity contribution in [3.05, 3.63) is 53.4 Å². The molecule has 106 valence electrons. The number of nitrogens with two attached hydrogens (primary N) is 1. The van der Waals surface area contributed by atoms with Crippen LogP contribution in [0.15, 0.2) is 30.5 Å². The summed E-state index contributed by atoms with van der Waals surface area (Å²) in [4.78, 5) is 0. The third kappa shape index (κ3) is 2.14. The summed E-state index contributed by atoms with van der Waals surface area (Å²) >= 11 is 0. The van der Waals surface area contributed by atoms with Gasteiger partial charge in [0, 0.05) is 24.0 Å². The summed E-state index contributed by atoms with van der Waals surface area (Å²) in [5, 5.41) is 0. The van der Waals surface area contributed by atoms with E-state index in [2.05, 4.69) is 13.8 Å². The van der Waals surface area contributed by atoms with Crippen LogP contribution in [0.2, 0.25) is 0 Å². The average Bonchev–Trinajstić information content (AvgIpc) is 2.74. The van der Waals surface area contributed by atoms with Crippen LogP contribution in [0.1, 0.15) is 37.6 Å². The first-order valence-electron chi connectivity index (χ1n) is 6.78. The molecular formula is C16H18F2N2. The lowest BCUT2D eigenvalue weighted by Gasteiger charge is -2.34. The molecule has 1 aromatic carbocycles. The minimum atomic E-state index is -0.441. The van der Waals surface area contributed by atoms with E-state index in [9.17, 15) is 8.78 Å². The molecule has 0 spiro atoms. The predicted octanol–water partition coefficient (Wildman–Crippen LogP) is 3.73. The van der Waals surface area contributed by atoms with E-state index < -0.39 is 11.6 Å². The number of hydrogen-bond donors (Lipinski definition) is 1. The summed E-state index contributed by atoms with van der Waals surface area (Å²) in [7, 11) is 0. The van der Waals surface area contributed by atoms with E-state index in [-0.39, 0.29) is 17.1 Å². The van der Waals surface area contributed by atoms with Gasteiger partial charge in [-0.1, -0.05) is 13.8 Å². The molecule has 0 amide bonds. The zero-order chi connectivity index (χ0) is 14.5. The fourth-order valence-corrected chi connectivity index (χ4v) is 3.13. The second-order valence-electron chi connectivity index (χ2n) is 6.34. The summed E-state index contributed by atoms with van der Waals surface area (Å²) in [6, 6.07) is 5.38. The fourth-order valence-electron chi connectivity index (χ4n) is 3.13. The SMILES string of the molecule is CC1(C)Cc2c(ccn2-c2cc(F)ccc2F)C(N)C1. The van der Waals surface area contributed by atoms with Crippen LogP contribution in [-0.2, 0) is 6.42 Å². The molecule has 0 bridgehead atoms. The van der Waals surface area contributed by atoms with E-state index >= 15 is 0 Å². The molecule has 1 heterocycles. The normalized spacial score (nSPS) is 20.8. The monoisotopic (exact) mass is 276 g/mol. The highest BCUT2D eigenvalue weighted by Crippen LogP contribution is 2.41. The molecule has 20 heavy (non-hydrogen) atoms. The third-order valence-corrected chi connectivity index (χ3v) is 4.01. The molecule has 0 radical (unpaired) electrons. The van der Waals surface area contributed by atoms with Crippen LogP contribution in [0.3, 0.4) is 0 Å². The van der Waals surface area contributed by atoms with Crippen LogP contribution >= 0.6 is 0 Å². The molecule has 0 saturated carbocycles. The maximum Gasteiger partial charge on any atom is 0.147 e. The Bertz CT molecular complexity index is 658. The zero-order valence-electron chi connectivity index (χ0n) is 11.7. The van der Waals surface area contributed by atoms with Crippen molar-refractivity contribution in [3.8, 4) is 5.69 Å². The summed E-state index contributed by atoms with van der Waals surface area (Å²) < 4.78 is 29.1. The van der Waals surface area contributed by atoms with Crippen molar-refractivity contribution in [2.24, 2.45) is 11.1 Å². The maximum absolute atomic E-state index is 14.0.